The monoisotopic (exact) mass is 409 g/mol. The molecule has 2 aliphatic rings. The van der Waals surface area contributed by atoms with Crippen molar-refractivity contribution in [3.8, 4) is 0 Å². The molecule has 1 aliphatic carbocycles. The van der Waals surface area contributed by atoms with Crippen molar-refractivity contribution in [1.82, 2.24) is 4.98 Å². The second kappa shape index (κ2) is 7.47. The van der Waals surface area contributed by atoms with Gasteiger partial charge in [-0.1, -0.05) is 32.8 Å². The summed E-state index contributed by atoms with van der Waals surface area (Å²) in [6.07, 6.45) is 7.40. The molecule has 1 aliphatic heterocycles. The number of halogens is 1. The van der Waals surface area contributed by atoms with Gasteiger partial charge in [0.2, 0.25) is 0 Å². The van der Waals surface area contributed by atoms with Gasteiger partial charge in [0, 0.05) is 16.6 Å². The largest absolute Gasteiger partial charge is 0.384 e. The minimum Gasteiger partial charge on any atom is -0.384 e. The molecule has 0 amide bonds. The molecule has 0 aromatic carbocycles. The van der Waals surface area contributed by atoms with Crippen LogP contribution in [0, 0.1) is 23.7 Å². The maximum absolute atomic E-state index is 11.2. The van der Waals surface area contributed by atoms with Crippen LogP contribution in [0.2, 0.25) is 0 Å². The predicted molar refractivity (Wildman–Crippen MR) is 102 cm³/mol. The number of aliphatic hydroxyl groups excluding tert-OH is 1. The summed E-state index contributed by atoms with van der Waals surface area (Å²) in [6.45, 7) is 6.34. The number of fused-ring (bicyclic) bond motifs is 1. The SMILES string of the molecule is CCC1CC2(O)C(O)OC(C)C2C(/C=C/c2ccc(Br)cn2)C1CC. The van der Waals surface area contributed by atoms with Crippen LogP contribution >= 0.6 is 15.9 Å². The van der Waals surface area contributed by atoms with Crippen molar-refractivity contribution in [2.24, 2.45) is 23.7 Å². The number of pyridine rings is 1. The first kappa shape index (κ1) is 19.0. The smallest absolute Gasteiger partial charge is 0.184 e. The lowest BCUT2D eigenvalue weighted by atomic mass is 9.57. The second-order valence-corrected chi connectivity index (χ2v) is 8.41. The van der Waals surface area contributed by atoms with E-state index in [1.165, 1.54) is 0 Å². The minimum atomic E-state index is -1.16. The summed E-state index contributed by atoms with van der Waals surface area (Å²) < 4.78 is 6.60. The summed E-state index contributed by atoms with van der Waals surface area (Å²) in [6, 6.07) is 3.94. The Morgan fingerprint density at radius 3 is 2.72 bits per heavy atom. The van der Waals surface area contributed by atoms with Crippen LogP contribution in [0.4, 0.5) is 0 Å². The van der Waals surface area contributed by atoms with E-state index in [0.717, 1.165) is 23.0 Å². The number of rotatable bonds is 4. The highest BCUT2D eigenvalue weighted by atomic mass is 79.9. The van der Waals surface area contributed by atoms with Crippen LogP contribution in [-0.2, 0) is 4.74 Å². The van der Waals surface area contributed by atoms with E-state index < -0.39 is 11.9 Å². The molecule has 1 saturated heterocycles. The third-order valence-electron chi connectivity index (χ3n) is 6.19. The molecule has 1 aromatic rings. The number of allylic oxidation sites excluding steroid dienone is 1. The molecule has 4 nitrogen and oxygen atoms in total. The highest BCUT2D eigenvalue weighted by Crippen LogP contribution is 2.54. The number of aliphatic hydroxyl groups is 2. The van der Waals surface area contributed by atoms with Gasteiger partial charge in [0.25, 0.3) is 0 Å². The summed E-state index contributed by atoms with van der Waals surface area (Å²) in [5.74, 6) is 0.911. The van der Waals surface area contributed by atoms with Crippen molar-refractivity contribution in [3.63, 3.8) is 0 Å². The van der Waals surface area contributed by atoms with Gasteiger partial charge in [0.15, 0.2) is 6.29 Å². The Morgan fingerprint density at radius 1 is 1.36 bits per heavy atom. The molecule has 0 radical (unpaired) electrons. The normalized spacial score (nSPS) is 41.2. The quantitative estimate of drug-likeness (QED) is 0.787. The summed E-state index contributed by atoms with van der Waals surface area (Å²) in [5, 5.41) is 21.6. The van der Waals surface area contributed by atoms with Gasteiger partial charge in [-0.2, -0.15) is 0 Å². The van der Waals surface area contributed by atoms with E-state index in [-0.39, 0.29) is 17.9 Å². The fourth-order valence-corrected chi connectivity index (χ4v) is 5.26. The standard InChI is InChI=1S/C20H28BrNO3/c1-4-13-10-20(24)18(12(3)25-19(20)23)17(16(13)5-2)9-8-15-7-6-14(21)11-22-15/h6-9,11-13,16-19,23-24H,4-5,10H2,1-3H3/b9-8+. The van der Waals surface area contributed by atoms with E-state index in [0.29, 0.717) is 18.3 Å². The molecule has 2 N–H and O–H groups in total. The van der Waals surface area contributed by atoms with Gasteiger partial charge < -0.3 is 14.9 Å². The maximum atomic E-state index is 11.2. The van der Waals surface area contributed by atoms with Crippen LogP contribution in [0.5, 0.6) is 0 Å². The lowest BCUT2D eigenvalue weighted by molar-refractivity contribution is -0.191. The van der Waals surface area contributed by atoms with Gasteiger partial charge in [-0.25, -0.2) is 0 Å². The molecule has 1 saturated carbocycles. The van der Waals surface area contributed by atoms with E-state index in [2.05, 4.69) is 40.8 Å². The van der Waals surface area contributed by atoms with Crippen molar-refractivity contribution in [1.29, 1.82) is 0 Å². The Bertz CT molecular complexity index is 620. The molecule has 138 valence electrons. The van der Waals surface area contributed by atoms with Gasteiger partial charge in [-0.3, -0.25) is 4.98 Å². The van der Waals surface area contributed by atoms with E-state index in [9.17, 15) is 10.2 Å². The van der Waals surface area contributed by atoms with Crippen LogP contribution in [0.3, 0.4) is 0 Å². The van der Waals surface area contributed by atoms with E-state index in [4.69, 9.17) is 4.74 Å². The minimum absolute atomic E-state index is 0.0954. The van der Waals surface area contributed by atoms with Gasteiger partial charge in [0.1, 0.15) is 5.60 Å². The predicted octanol–water partition coefficient (Wildman–Crippen LogP) is 4.01. The van der Waals surface area contributed by atoms with Crippen LogP contribution in [0.15, 0.2) is 28.9 Å². The third kappa shape index (κ3) is 3.44. The van der Waals surface area contributed by atoms with E-state index in [1.807, 2.05) is 25.1 Å². The zero-order valence-corrected chi connectivity index (χ0v) is 16.7. The van der Waals surface area contributed by atoms with E-state index in [1.54, 1.807) is 6.20 Å². The van der Waals surface area contributed by atoms with Crippen LogP contribution < -0.4 is 0 Å². The van der Waals surface area contributed by atoms with Crippen molar-refractivity contribution in [2.45, 2.75) is 58.0 Å². The number of hydrogen-bond acceptors (Lipinski definition) is 4. The summed E-state index contributed by atoms with van der Waals surface area (Å²) >= 11 is 3.41. The number of ether oxygens (including phenoxy) is 1. The maximum Gasteiger partial charge on any atom is 0.184 e. The highest BCUT2D eigenvalue weighted by Gasteiger charge is 2.61. The molecule has 0 spiro atoms. The van der Waals surface area contributed by atoms with Crippen molar-refractivity contribution in [2.75, 3.05) is 0 Å². The van der Waals surface area contributed by atoms with Gasteiger partial charge >= 0.3 is 0 Å². The Kier molecular flexibility index (Phi) is 5.69. The lowest BCUT2D eigenvalue weighted by Crippen LogP contribution is -2.55. The number of aromatic nitrogens is 1. The van der Waals surface area contributed by atoms with E-state index >= 15 is 0 Å². The first-order valence-electron chi connectivity index (χ1n) is 9.26. The first-order valence-corrected chi connectivity index (χ1v) is 10.1. The van der Waals surface area contributed by atoms with Crippen molar-refractivity contribution < 1.29 is 14.9 Å². The summed E-state index contributed by atoms with van der Waals surface area (Å²) in [7, 11) is 0. The number of nitrogens with zero attached hydrogens (tertiary/aromatic N) is 1. The zero-order chi connectivity index (χ0) is 18.2. The van der Waals surface area contributed by atoms with Crippen molar-refractivity contribution in [3.05, 3.63) is 34.6 Å². The second-order valence-electron chi connectivity index (χ2n) is 7.49. The third-order valence-corrected chi connectivity index (χ3v) is 6.66. The molecule has 0 bridgehead atoms. The molecule has 7 unspecified atom stereocenters. The number of hydrogen-bond donors (Lipinski definition) is 2. The zero-order valence-electron chi connectivity index (χ0n) is 15.1. The Morgan fingerprint density at radius 2 is 2.12 bits per heavy atom. The molecule has 3 rings (SSSR count). The molecule has 25 heavy (non-hydrogen) atoms. The fraction of sp³-hybridized carbons (Fsp3) is 0.650. The molecular weight excluding hydrogens is 382 g/mol. The van der Waals surface area contributed by atoms with Gasteiger partial charge in [0.05, 0.1) is 11.8 Å². The molecular formula is C20H28BrNO3. The first-order chi connectivity index (χ1) is 11.9. The van der Waals surface area contributed by atoms with Gasteiger partial charge in [-0.05, 0) is 65.2 Å². The van der Waals surface area contributed by atoms with Crippen molar-refractivity contribution >= 4 is 22.0 Å². The Balaban J connectivity index is 1.95. The molecule has 2 heterocycles. The Labute approximate surface area is 158 Å². The molecule has 1 aromatic heterocycles. The molecule has 7 atom stereocenters. The molecule has 2 fully saturated rings. The topological polar surface area (TPSA) is 62.6 Å². The highest BCUT2D eigenvalue weighted by molar-refractivity contribution is 9.10. The van der Waals surface area contributed by atoms with Gasteiger partial charge in [-0.15, -0.1) is 0 Å². The van der Waals surface area contributed by atoms with Crippen LogP contribution in [0.25, 0.3) is 6.08 Å². The fourth-order valence-electron chi connectivity index (χ4n) is 5.02. The summed E-state index contributed by atoms with van der Waals surface area (Å²) in [4.78, 5) is 4.41. The van der Waals surface area contributed by atoms with Crippen LogP contribution in [-0.4, -0.2) is 33.2 Å². The lowest BCUT2D eigenvalue weighted by Gasteiger charge is -2.48. The van der Waals surface area contributed by atoms with Crippen LogP contribution in [0.1, 0.15) is 45.7 Å². The summed E-state index contributed by atoms with van der Waals surface area (Å²) in [5.41, 5.74) is -0.263. The average molecular weight is 410 g/mol. The average Bonchev–Trinajstić information content (AvgIpc) is 2.82. The Hall–Kier alpha value is -0.750. The molecule has 5 heteroatoms.